The van der Waals surface area contributed by atoms with Gasteiger partial charge in [0.2, 0.25) is 11.8 Å². The summed E-state index contributed by atoms with van der Waals surface area (Å²) in [6, 6.07) is 9.55. The first-order chi connectivity index (χ1) is 12.5. The van der Waals surface area contributed by atoms with Crippen LogP contribution in [0.5, 0.6) is 5.75 Å². The Morgan fingerprint density at radius 1 is 1.31 bits per heavy atom. The summed E-state index contributed by atoms with van der Waals surface area (Å²) in [6.45, 7) is -1.94. The molecule has 2 heterocycles. The topological polar surface area (TPSA) is 71.8 Å². The van der Waals surface area contributed by atoms with E-state index in [0.29, 0.717) is 18.8 Å². The van der Waals surface area contributed by atoms with Gasteiger partial charge in [0.1, 0.15) is 11.5 Å². The van der Waals surface area contributed by atoms with Crippen LogP contribution in [0.15, 0.2) is 47.1 Å². The maximum atomic E-state index is 12.3. The number of halogens is 2. The first-order valence-electron chi connectivity index (χ1n) is 8.13. The SMILES string of the molecule is O=C(NCc1ccc(OC(F)F)cc1)C1CC(=O)N(Cc2ccco2)C1. The van der Waals surface area contributed by atoms with Crippen molar-refractivity contribution in [3.8, 4) is 5.75 Å². The lowest BCUT2D eigenvalue weighted by Gasteiger charge is -2.15. The van der Waals surface area contributed by atoms with E-state index in [0.717, 1.165) is 5.56 Å². The van der Waals surface area contributed by atoms with Crippen molar-refractivity contribution in [2.45, 2.75) is 26.1 Å². The van der Waals surface area contributed by atoms with Gasteiger partial charge in [0, 0.05) is 19.5 Å². The highest BCUT2D eigenvalue weighted by atomic mass is 19.3. The number of nitrogens with one attached hydrogen (secondary N) is 1. The lowest BCUT2D eigenvalue weighted by molar-refractivity contribution is -0.129. The second-order valence-electron chi connectivity index (χ2n) is 5.99. The molecule has 1 aromatic carbocycles. The molecule has 2 amide bonds. The van der Waals surface area contributed by atoms with Gasteiger partial charge in [-0.25, -0.2) is 0 Å². The van der Waals surface area contributed by atoms with Gasteiger partial charge in [0.05, 0.1) is 18.7 Å². The number of likely N-dealkylation sites (tertiary alicyclic amines) is 1. The van der Waals surface area contributed by atoms with E-state index in [1.165, 1.54) is 18.4 Å². The number of hydrogen-bond donors (Lipinski definition) is 1. The van der Waals surface area contributed by atoms with Gasteiger partial charge in [-0.3, -0.25) is 9.59 Å². The highest BCUT2D eigenvalue weighted by Gasteiger charge is 2.34. The molecule has 138 valence electrons. The number of hydrogen-bond acceptors (Lipinski definition) is 4. The third kappa shape index (κ3) is 4.59. The highest BCUT2D eigenvalue weighted by molar-refractivity contribution is 5.89. The molecule has 0 aliphatic carbocycles. The van der Waals surface area contributed by atoms with Crippen LogP contribution in [0.2, 0.25) is 0 Å². The molecule has 1 aliphatic rings. The minimum Gasteiger partial charge on any atom is -0.467 e. The number of nitrogens with zero attached hydrogens (tertiary/aromatic N) is 1. The third-order valence-electron chi connectivity index (χ3n) is 4.13. The molecule has 0 saturated carbocycles. The molecule has 8 heteroatoms. The molecule has 1 fully saturated rings. The van der Waals surface area contributed by atoms with Crippen molar-refractivity contribution in [3.05, 3.63) is 54.0 Å². The van der Waals surface area contributed by atoms with E-state index in [4.69, 9.17) is 4.42 Å². The number of carbonyl (C=O) groups excluding carboxylic acids is 2. The van der Waals surface area contributed by atoms with E-state index in [1.54, 1.807) is 29.2 Å². The Kier molecular flexibility index (Phi) is 5.50. The van der Waals surface area contributed by atoms with E-state index < -0.39 is 12.5 Å². The van der Waals surface area contributed by atoms with Gasteiger partial charge in [0.15, 0.2) is 0 Å². The summed E-state index contributed by atoms with van der Waals surface area (Å²) in [5, 5.41) is 2.77. The zero-order valence-corrected chi connectivity index (χ0v) is 13.9. The zero-order valence-electron chi connectivity index (χ0n) is 13.9. The van der Waals surface area contributed by atoms with Crippen molar-refractivity contribution in [1.82, 2.24) is 10.2 Å². The van der Waals surface area contributed by atoms with Crippen LogP contribution in [0.1, 0.15) is 17.7 Å². The third-order valence-corrected chi connectivity index (χ3v) is 4.13. The smallest absolute Gasteiger partial charge is 0.387 e. The van der Waals surface area contributed by atoms with Crippen LogP contribution in [0, 0.1) is 5.92 Å². The van der Waals surface area contributed by atoms with Gasteiger partial charge in [-0.15, -0.1) is 0 Å². The van der Waals surface area contributed by atoms with Crippen LogP contribution in [0.25, 0.3) is 0 Å². The summed E-state index contributed by atoms with van der Waals surface area (Å²) in [5.74, 6) is 0.0118. The fraction of sp³-hybridized carbons (Fsp3) is 0.333. The molecule has 1 aromatic heterocycles. The van der Waals surface area contributed by atoms with E-state index in [2.05, 4.69) is 10.1 Å². The summed E-state index contributed by atoms with van der Waals surface area (Å²) in [5.41, 5.74) is 0.747. The molecule has 0 radical (unpaired) electrons. The number of rotatable bonds is 7. The van der Waals surface area contributed by atoms with Crippen LogP contribution >= 0.6 is 0 Å². The maximum absolute atomic E-state index is 12.3. The molecule has 1 N–H and O–H groups in total. The first kappa shape index (κ1) is 17.9. The predicted octanol–water partition coefficient (Wildman–Crippen LogP) is 2.55. The van der Waals surface area contributed by atoms with Crippen molar-refractivity contribution in [2.75, 3.05) is 6.54 Å². The zero-order chi connectivity index (χ0) is 18.5. The van der Waals surface area contributed by atoms with Crippen molar-refractivity contribution in [3.63, 3.8) is 0 Å². The van der Waals surface area contributed by atoms with Crippen LogP contribution in [-0.4, -0.2) is 29.9 Å². The average molecular weight is 364 g/mol. The molecule has 1 atom stereocenters. The van der Waals surface area contributed by atoms with Gasteiger partial charge in [-0.1, -0.05) is 12.1 Å². The molecule has 1 unspecified atom stereocenters. The average Bonchev–Trinajstić information content (AvgIpc) is 3.24. The van der Waals surface area contributed by atoms with Gasteiger partial charge in [-0.05, 0) is 29.8 Å². The Balaban J connectivity index is 1.48. The van der Waals surface area contributed by atoms with Gasteiger partial charge in [0.25, 0.3) is 0 Å². The first-order valence-corrected chi connectivity index (χ1v) is 8.13. The normalized spacial score (nSPS) is 17.0. The van der Waals surface area contributed by atoms with Crippen molar-refractivity contribution in [1.29, 1.82) is 0 Å². The number of alkyl halides is 2. The van der Waals surface area contributed by atoms with Crippen LogP contribution in [-0.2, 0) is 22.7 Å². The Morgan fingerprint density at radius 2 is 2.08 bits per heavy atom. The molecule has 2 aromatic rings. The summed E-state index contributed by atoms with van der Waals surface area (Å²) in [7, 11) is 0. The predicted molar refractivity (Wildman–Crippen MR) is 87.2 cm³/mol. The van der Waals surface area contributed by atoms with Crippen molar-refractivity contribution in [2.24, 2.45) is 5.92 Å². The molecule has 0 bridgehead atoms. The number of carbonyl (C=O) groups is 2. The van der Waals surface area contributed by atoms with E-state index in [-0.39, 0.29) is 30.5 Å². The van der Waals surface area contributed by atoms with E-state index in [1.807, 2.05) is 0 Å². The summed E-state index contributed by atoms with van der Waals surface area (Å²) in [6.07, 6.45) is 1.70. The fourth-order valence-corrected chi connectivity index (χ4v) is 2.81. The monoisotopic (exact) mass is 364 g/mol. The molecule has 6 nitrogen and oxygen atoms in total. The molecule has 1 saturated heterocycles. The minimum atomic E-state index is -2.87. The van der Waals surface area contributed by atoms with Gasteiger partial charge >= 0.3 is 6.61 Å². The standard InChI is InChI=1S/C18H18F2N2O4/c19-18(20)26-14-5-3-12(4-6-14)9-21-17(24)13-8-16(23)22(10-13)11-15-2-1-7-25-15/h1-7,13,18H,8-11H2,(H,21,24). The fourth-order valence-electron chi connectivity index (χ4n) is 2.81. The van der Waals surface area contributed by atoms with Crippen LogP contribution < -0.4 is 10.1 Å². The second kappa shape index (κ2) is 7.99. The summed E-state index contributed by atoms with van der Waals surface area (Å²) < 4.78 is 33.7. The summed E-state index contributed by atoms with van der Waals surface area (Å²) >= 11 is 0. The molecular formula is C18H18F2N2O4. The van der Waals surface area contributed by atoms with E-state index in [9.17, 15) is 18.4 Å². The maximum Gasteiger partial charge on any atom is 0.387 e. The van der Waals surface area contributed by atoms with Crippen molar-refractivity contribution >= 4 is 11.8 Å². The van der Waals surface area contributed by atoms with Gasteiger partial charge in [-0.2, -0.15) is 8.78 Å². The number of furan rings is 1. The Hall–Kier alpha value is -2.90. The van der Waals surface area contributed by atoms with Gasteiger partial charge < -0.3 is 19.4 Å². The lowest BCUT2D eigenvalue weighted by Crippen LogP contribution is -2.32. The molecule has 0 spiro atoms. The Morgan fingerprint density at radius 3 is 2.73 bits per heavy atom. The lowest BCUT2D eigenvalue weighted by atomic mass is 10.1. The van der Waals surface area contributed by atoms with Crippen LogP contribution in [0.3, 0.4) is 0 Å². The Bertz CT molecular complexity index is 747. The minimum absolute atomic E-state index is 0.0602. The number of benzene rings is 1. The largest absolute Gasteiger partial charge is 0.467 e. The van der Waals surface area contributed by atoms with E-state index >= 15 is 0 Å². The number of ether oxygens (including phenoxy) is 1. The molecule has 1 aliphatic heterocycles. The molecule has 3 rings (SSSR count). The highest BCUT2D eigenvalue weighted by Crippen LogP contribution is 2.21. The Labute approximate surface area is 148 Å². The number of amides is 2. The van der Waals surface area contributed by atoms with Crippen LogP contribution in [0.4, 0.5) is 8.78 Å². The quantitative estimate of drug-likeness (QED) is 0.820. The molecular weight excluding hydrogens is 346 g/mol. The summed E-state index contributed by atoms with van der Waals surface area (Å²) in [4.78, 5) is 25.9. The van der Waals surface area contributed by atoms with Crippen molar-refractivity contribution < 1.29 is 27.5 Å². The second-order valence-corrected chi connectivity index (χ2v) is 5.99. The molecule has 26 heavy (non-hydrogen) atoms.